The molecule has 0 aromatic rings. The average Bonchev–Trinajstić information content (AvgIpc) is 2.40. The molecule has 2 saturated heterocycles. The minimum atomic E-state index is 0.397. The summed E-state index contributed by atoms with van der Waals surface area (Å²) >= 11 is 2.02. The second-order valence-corrected chi connectivity index (χ2v) is 6.25. The van der Waals surface area contributed by atoms with Crippen LogP contribution >= 0.6 is 11.8 Å². The van der Waals surface area contributed by atoms with Crippen LogP contribution in [0.25, 0.3) is 0 Å². The number of carbonyl (C=O) groups is 1. The average molecular weight is 256 g/mol. The van der Waals surface area contributed by atoms with E-state index in [4.69, 9.17) is 0 Å². The predicted octanol–water partition coefficient (Wildman–Crippen LogP) is 1.68. The first-order valence-corrected chi connectivity index (χ1v) is 8.03. The molecule has 2 rings (SSSR count). The highest BCUT2D eigenvalue weighted by Crippen LogP contribution is 2.25. The Kier molecular flexibility index (Phi) is 5.16. The van der Waals surface area contributed by atoms with Crippen molar-refractivity contribution in [3.8, 4) is 0 Å². The predicted molar refractivity (Wildman–Crippen MR) is 73.4 cm³/mol. The van der Waals surface area contributed by atoms with Crippen LogP contribution in [0.1, 0.15) is 26.2 Å². The number of hydrogen-bond donors (Lipinski definition) is 0. The van der Waals surface area contributed by atoms with Crippen LogP contribution in [0.4, 0.5) is 0 Å². The zero-order valence-electron chi connectivity index (χ0n) is 10.9. The minimum absolute atomic E-state index is 0.397. The Hall–Kier alpha value is -0.220. The highest BCUT2D eigenvalue weighted by Gasteiger charge is 2.23. The Bertz CT molecular complexity index is 246. The molecular weight excluding hydrogens is 232 g/mol. The molecule has 0 radical (unpaired) electrons. The van der Waals surface area contributed by atoms with Crippen molar-refractivity contribution in [3.63, 3.8) is 0 Å². The van der Waals surface area contributed by atoms with E-state index in [1.54, 1.807) is 0 Å². The molecule has 2 aliphatic heterocycles. The maximum atomic E-state index is 12.2. The van der Waals surface area contributed by atoms with Gasteiger partial charge in [0.2, 0.25) is 5.91 Å². The Balaban J connectivity index is 1.72. The SMILES string of the molecule is CCN1CCN(C(=O)CC2CCCSC2)CC1. The number of rotatable bonds is 3. The summed E-state index contributed by atoms with van der Waals surface area (Å²) in [6, 6.07) is 0. The van der Waals surface area contributed by atoms with Gasteiger partial charge < -0.3 is 9.80 Å². The van der Waals surface area contributed by atoms with Gasteiger partial charge in [-0.05, 0) is 36.8 Å². The van der Waals surface area contributed by atoms with Crippen LogP contribution in [0.15, 0.2) is 0 Å². The summed E-state index contributed by atoms with van der Waals surface area (Å²) in [4.78, 5) is 16.7. The van der Waals surface area contributed by atoms with Crippen LogP contribution in [0, 0.1) is 5.92 Å². The molecule has 0 saturated carbocycles. The molecular formula is C13H24N2OS. The van der Waals surface area contributed by atoms with Crippen LogP contribution in [-0.4, -0.2) is 59.9 Å². The second kappa shape index (κ2) is 6.64. The van der Waals surface area contributed by atoms with Crippen molar-refractivity contribution in [1.82, 2.24) is 9.80 Å². The quantitative estimate of drug-likeness (QED) is 0.767. The van der Waals surface area contributed by atoms with E-state index in [-0.39, 0.29) is 0 Å². The van der Waals surface area contributed by atoms with Crippen molar-refractivity contribution in [2.24, 2.45) is 5.92 Å². The molecule has 2 fully saturated rings. The second-order valence-electron chi connectivity index (χ2n) is 5.10. The summed E-state index contributed by atoms with van der Waals surface area (Å²) in [6.07, 6.45) is 3.35. The molecule has 17 heavy (non-hydrogen) atoms. The molecule has 0 aliphatic carbocycles. The number of amides is 1. The molecule has 1 unspecified atom stereocenters. The van der Waals surface area contributed by atoms with E-state index in [0.717, 1.165) is 39.1 Å². The largest absolute Gasteiger partial charge is 0.340 e. The standard InChI is InChI=1S/C13H24N2OS/c1-2-14-5-7-15(8-6-14)13(16)10-12-4-3-9-17-11-12/h12H,2-11H2,1H3. The normalized spacial score (nSPS) is 27.1. The maximum Gasteiger partial charge on any atom is 0.222 e. The first kappa shape index (κ1) is 13.2. The molecule has 0 spiro atoms. The first-order valence-electron chi connectivity index (χ1n) is 6.87. The van der Waals surface area contributed by atoms with E-state index < -0.39 is 0 Å². The van der Waals surface area contributed by atoms with Gasteiger partial charge in [0, 0.05) is 32.6 Å². The molecule has 0 aromatic carbocycles. The Morgan fingerprint density at radius 3 is 2.65 bits per heavy atom. The van der Waals surface area contributed by atoms with Crippen LogP contribution in [0.5, 0.6) is 0 Å². The molecule has 4 heteroatoms. The third kappa shape index (κ3) is 3.88. The minimum Gasteiger partial charge on any atom is -0.340 e. The third-order valence-electron chi connectivity index (χ3n) is 3.89. The molecule has 0 bridgehead atoms. The van der Waals surface area contributed by atoms with E-state index >= 15 is 0 Å². The molecule has 2 heterocycles. The topological polar surface area (TPSA) is 23.6 Å². The van der Waals surface area contributed by atoms with Gasteiger partial charge >= 0.3 is 0 Å². The zero-order chi connectivity index (χ0) is 12.1. The Morgan fingerprint density at radius 1 is 1.29 bits per heavy atom. The number of nitrogens with zero attached hydrogens (tertiary/aromatic N) is 2. The molecule has 2 aliphatic rings. The van der Waals surface area contributed by atoms with Gasteiger partial charge in [0.15, 0.2) is 0 Å². The van der Waals surface area contributed by atoms with Crippen LogP contribution in [0.2, 0.25) is 0 Å². The highest BCUT2D eigenvalue weighted by atomic mass is 32.2. The molecule has 1 atom stereocenters. The van der Waals surface area contributed by atoms with E-state index in [1.807, 2.05) is 11.8 Å². The molecule has 98 valence electrons. The molecule has 1 amide bonds. The van der Waals surface area contributed by atoms with Crippen LogP contribution in [-0.2, 0) is 4.79 Å². The summed E-state index contributed by atoms with van der Waals surface area (Å²) in [5, 5.41) is 0. The van der Waals surface area contributed by atoms with Gasteiger partial charge in [0.1, 0.15) is 0 Å². The summed E-state index contributed by atoms with van der Waals surface area (Å²) in [5.74, 6) is 3.53. The molecule has 0 aromatic heterocycles. The van der Waals surface area contributed by atoms with E-state index in [0.29, 0.717) is 11.8 Å². The monoisotopic (exact) mass is 256 g/mol. The summed E-state index contributed by atoms with van der Waals surface area (Å²) in [5.41, 5.74) is 0. The van der Waals surface area contributed by atoms with Crippen molar-refractivity contribution in [1.29, 1.82) is 0 Å². The number of thioether (sulfide) groups is 1. The van der Waals surface area contributed by atoms with Gasteiger partial charge in [-0.15, -0.1) is 0 Å². The lowest BCUT2D eigenvalue weighted by atomic mass is 10.0. The van der Waals surface area contributed by atoms with E-state index in [1.165, 1.54) is 24.3 Å². The van der Waals surface area contributed by atoms with Gasteiger partial charge in [-0.1, -0.05) is 6.92 Å². The van der Waals surface area contributed by atoms with Crippen molar-refractivity contribution < 1.29 is 4.79 Å². The fourth-order valence-corrected chi connectivity index (χ4v) is 3.81. The summed E-state index contributed by atoms with van der Waals surface area (Å²) < 4.78 is 0. The summed E-state index contributed by atoms with van der Waals surface area (Å²) in [7, 11) is 0. The first-order chi connectivity index (χ1) is 8.29. The zero-order valence-corrected chi connectivity index (χ0v) is 11.7. The Labute approximate surface area is 109 Å². The lowest BCUT2D eigenvalue weighted by molar-refractivity contribution is -0.133. The van der Waals surface area contributed by atoms with Gasteiger partial charge in [-0.25, -0.2) is 0 Å². The Morgan fingerprint density at radius 2 is 2.06 bits per heavy atom. The van der Waals surface area contributed by atoms with Crippen molar-refractivity contribution in [2.75, 3.05) is 44.2 Å². The van der Waals surface area contributed by atoms with Crippen molar-refractivity contribution in [3.05, 3.63) is 0 Å². The van der Waals surface area contributed by atoms with E-state index in [9.17, 15) is 4.79 Å². The summed E-state index contributed by atoms with van der Waals surface area (Å²) in [6.45, 7) is 7.29. The number of carbonyl (C=O) groups excluding carboxylic acids is 1. The fourth-order valence-electron chi connectivity index (χ4n) is 2.66. The van der Waals surface area contributed by atoms with Gasteiger partial charge in [0.25, 0.3) is 0 Å². The third-order valence-corrected chi connectivity index (χ3v) is 5.17. The van der Waals surface area contributed by atoms with Crippen LogP contribution in [0.3, 0.4) is 0 Å². The number of piperazine rings is 1. The lowest BCUT2D eigenvalue weighted by Crippen LogP contribution is -2.48. The smallest absolute Gasteiger partial charge is 0.222 e. The maximum absolute atomic E-state index is 12.2. The van der Waals surface area contributed by atoms with Gasteiger partial charge in [0.05, 0.1) is 0 Å². The van der Waals surface area contributed by atoms with Crippen LogP contribution < -0.4 is 0 Å². The fraction of sp³-hybridized carbons (Fsp3) is 0.923. The number of hydrogen-bond acceptors (Lipinski definition) is 3. The molecule has 3 nitrogen and oxygen atoms in total. The van der Waals surface area contributed by atoms with Crippen molar-refractivity contribution >= 4 is 17.7 Å². The lowest BCUT2D eigenvalue weighted by Gasteiger charge is -2.35. The van der Waals surface area contributed by atoms with Gasteiger partial charge in [-0.3, -0.25) is 4.79 Å². The molecule has 0 N–H and O–H groups in total. The number of likely N-dealkylation sites (N-methyl/N-ethyl adjacent to an activating group) is 1. The van der Waals surface area contributed by atoms with Crippen molar-refractivity contribution in [2.45, 2.75) is 26.2 Å². The van der Waals surface area contributed by atoms with Gasteiger partial charge in [-0.2, -0.15) is 11.8 Å². The van der Waals surface area contributed by atoms with E-state index in [2.05, 4.69) is 16.7 Å². The highest BCUT2D eigenvalue weighted by molar-refractivity contribution is 7.99.